The van der Waals surface area contributed by atoms with E-state index in [9.17, 15) is 13.2 Å². The van der Waals surface area contributed by atoms with Gasteiger partial charge in [-0.1, -0.05) is 13.3 Å². The molecule has 2 N–H and O–H groups in total. The number of hydrogen-bond donors (Lipinski definition) is 1. The molecule has 1 amide bonds. The van der Waals surface area contributed by atoms with Gasteiger partial charge in [0.15, 0.2) is 9.84 Å². The number of amides is 1. The first kappa shape index (κ1) is 18.4. The van der Waals surface area contributed by atoms with Gasteiger partial charge in [-0.05, 0) is 20.3 Å². The van der Waals surface area contributed by atoms with Crippen molar-refractivity contribution in [3.8, 4) is 0 Å². The first-order valence-corrected chi connectivity index (χ1v) is 9.47. The van der Waals surface area contributed by atoms with Crippen LogP contribution in [0, 0.1) is 0 Å². The highest BCUT2D eigenvalue weighted by Gasteiger charge is 2.42. The maximum atomic E-state index is 12.4. The lowest BCUT2D eigenvalue weighted by atomic mass is 10.1. The maximum Gasteiger partial charge on any atom is 0.243 e. The fraction of sp³-hybridized carbons (Fsp3) is 0.929. The number of carbonyl (C=O) groups excluding carboxylic acids is 1. The summed E-state index contributed by atoms with van der Waals surface area (Å²) in [6.07, 6.45) is 3.26. The lowest BCUT2D eigenvalue weighted by molar-refractivity contribution is -0.135. The van der Waals surface area contributed by atoms with E-state index in [1.807, 2.05) is 0 Å². The van der Waals surface area contributed by atoms with Crippen molar-refractivity contribution in [3.05, 3.63) is 0 Å². The van der Waals surface area contributed by atoms with Gasteiger partial charge in [0.25, 0.3) is 0 Å². The largest absolute Gasteiger partial charge is 0.339 e. The lowest BCUT2D eigenvalue weighted by Gasteiger charge is -2.41. The van der Waals surface area contributed by atoms with Gasteiger partial charge in [-0.25, -0.2) is 8.42 Å². The van der Waals surface area contributed by atoms with Gasteiger partial charge in [0.1, 0.15) is 4.75 Å². The van der Waals surface area contributed by atoms with Crippen molar-refractivity contribution >= 4 is 15.7 Å². The number of nitrogens with two attached hydrogens (primary N) is 1. The molecule has 0 aliphatic carbocycles. The Morgan fingerprint density at radius 1 is 1.24 bits per heavy atom. The van der Waals surface area contributed by atoms with Gasteiger partial charge in [-0.15, -0.1) is 0 Å². The van der Waals surface area contributed by atoms with Gasteiger partial charge >= 0.3 is 0 Å². The van der Waals surface area contributed by atoms with E-state index in [-0.39, 0.29) is 5.91 Å². The van der Waals surface area contributed by atoms with Crippen LogP contribution in [0.2, 0.25) is 0 Å². The van der Waals surface area contributed by atoms with E-state index in [0.29, 0.717) is 25.7 Å². The lowest BCUT2D eigenvalue weighted by Crippen LogP contribution is -2.58. The molecule has 0 bridgehead atoms. The number of hydrogen-bond acceptors (Lipinski definition) is 5. The van der Waals surface area contributed by atoms with E-state index in [1.165, 1.54) is 13.8 Å². The molecule has 0 aromatic heterocycles. The molecular formula is C14H29N3O3S. The molecule has 1 saturated heterocycles. The Kier molecular flexibility index (Phi) is 6.19. The first-order valence-electron chi connectivity index (χ1n) is 7.58. The molecule has 0 aromatic rings. The normalized spacial score (nSPS) is 19.6. The minimum absolute atomic E-state index is 0.301. The molecule has 0 spiro atoms. The van der Waals surface area contributed by atoms with Gasteiger partial charge in [0, 0.05) is 45.0 Å². The van der Waals surface area contributed by atoms with E-state index in [1.54, 1.807) is 4.90 Å². The number of rotatable bonds is 6. The number of carbonyl (C=O) groups is 1. The highest BCUT2D eigenvalue weighted by molar-refractivity contribution is 7.92. The summed E-state index contributed by atoms with van der Waals surface area (Å²) in [6, 6.07) is 0.357. The van der Waals surface area contributed by atoms with Crippen molar-refractivity contribution in [2.24, 2.45) is 5.73 Å². The fourth-order valence-electron chi connectivity index (χ4n) is 2.61. The second-order valence-corrected chi connectivity index (χ2v) is 8.85. The summed E-state index contributed by atoms with van der Waals surface area (Å²) >= 11 is 0. The van der Waals surface area contributed by atoms with Gasteiger partial charge in [0.2, 0.25) is 5.91 Å². The molecule has 21 heavy (non-hydrogen) atoms. The van der Waals surface area contributed by atoms with E-state index < -0.39 is 14.6 Å². The van der Waals surface area contributed by atoms with Crippen LogP contribution in [0.25, 0.3) is 0 Å². The number of sulfone groups is 1. The quantitative estimate of drug-likeness (QED) is 0.749. The summed E-state index contributed by atoms with van der Waals surface area (Å²) in [6.45, 7) is 8.37. The molecule has 6 nitrogen and oxygen atoms in total. The standard InChI is InChI=1S/C14H29N3O3S/c1-5-6-12(11-15)16-7-9-17(10-8-16)13(18)14(2,3)21(4,19)20/h12H,5-11,15H2,1-4H3. The van der Waals surface area contributed by atoms with Crippen LogP contribution < -0.4 is 5.73 Å². The van der Waals surface area contributed by atoms with Crippen LogP contribution in [0.3, 0.4) is 0 Å². The van der Waals surface area contributed by atoms with Crippen LogP contribution in [-0.4, -0.2) is 73.9 Å². The number of nitrogens with zero attached hydrogens (tertiary/aromatic N) is 2. The topological polar surface area (TPSA) is 83.7 Å². The van der Waals surface area contributed by atoms with Gasteiger partial charge in [-0.2, -0.15) is 0 Å². The van der Waals surface area contributed by atoms with Crippen LogP contribution in [0.4, 0.5) is 0 Å². The Hall–Kier alpha value is -0.660. The molecule has 1 aliphatic heterocycles. The predicted octanol–water partition coefficient (Wildman–Crippen LogP) is 0.0812. The summed E-state index contributed by atoms with van der Waals surface area (Å²) in [5, 5.41) is 0. The Labute approximate surface area is 128 Å². The van der Waals surface area contributed by atoms with Crippen molar-refractivity contribution in [2.75, 3.05) is 39.0 Å². The van der Waals surface area contributed by atoms with E-state index in [4.69, 9.17) is 5.73 Å². The molecule has 1 rings (SSSR count). The Balaban J connectivity index is 2.67. The average molecular weight is 319 g/mol. The van der Waals surface area contributed by atoms with Gasteiger partial charge < -0.3 is 10.6 Å². The van der Waals surface area contributed by atoms with E-state index in [2.05, 4.69) is 11.8 Å². The molecule has 1 heterocycles. The van der Waals surface area contributed by atoms with Crippen molar-refractivity contribution in [3.63, 3.8) is 0 Å². The molecule has 1 fully saturated rings. The van der Waals surface area contributed by atoms with Crippen LogP contribution in [0.1, 0.15) is 33.6 Å². The van der Waals surface area contributed by atoms with Gasteiger partial charge in [0.05, 0.1) is 0 Å². The third kappa shape index (κ3) is 4.17. The highest BCUT2D eigenvalue weighted by Crippen LogP contribution is 2.20. The third-order valence-electron chi connectivity index (χ3n) is 4.45. The minimum atomic E-state index is -3.42. The summed E-state index contributed by atoms with van der Waals surface area (Å²) in [5.74, 6) is -0.301. The molecule has 1 atom stereocenters. The SMILES string of the molecule is CCCC(CN)N1CCN(C(=O)C(C)(C)S(C)(=O)=O)CC1. The van der Waals surface area contributed by atoms with Crippen molar-refractivity contribution in [1.82, 2.24) is 9.80 Å². The van der Waals surface area contributed by atoms with E-state index >= 15 is 0 Å². The first-order chi connectivity index (χ1) is 9.65. The second-order valence-electron chi connectivity index (χ2n) is 6.29. The van der Waals surface area contributed by atoms with E-state index in [0.717, 1.165) is 32.2 Å². The molecule has 0 saturated carbocycles. The zero-order valence-corrected chi connectivity index (χ0v) is 14.4. The zero-order valence-electron chi connectivity index (χ0n) is 13.6. The molecule has 1 aliphatic rings. The summed E-state index contributed by atoms with van der Waals surface area (Å²) in [5.41, 5.74) is 5.81. The Morgan fingerprint density at radius 2 is 1.76 bits per heavy atom. The summed E-state index contributed by atoms with van der Waals surface area (Å²) in [7, 11) is -3.42. The van der Waals surface area contributed by atoms with Crippen molar-refractivity contribution in [1.29, 1.82) is 0 Å². The van der Waals surface area contributed by atoms with Gasteiger partial charge in [-0.3, -0.25) is 9.69 Å². The van der Waals surface area contributed by atoms with Crippen LogP contribution in [-0.2, 0) is 14.6 Å². The minimum Gasteiger partial charge on any atom is -0.339 e. The summed E-state index contributed by atoms with van der Waals surface area (Å²) < 4.78 is 22.2. The predicted molar refractivity (Wildman–Crippen MR) is 84.8 cm³/mol. The number of piperazine rings is 1. The average Bonchev–Trinajstić information content (AvgIpc) is 2.43. The second kappa shape index (κ2) is 7.07. The van der Waals surface area contributed by atoms with Crippen molar-refractivity contribution < 1.29 is 13.2 Å². The molecule has 1 unspecified atom stereocenters. The third-order valence-corrected chi connectivity index (χ3v) is 6.48. The molecule has 7 heteroatoms. The van der Waals surface area contributed by atoms with Crippen LogP contribution in [0.5, 0.6) is 0 Å². The molecule has 124 valence electrons. The maximum absolute atomic E-state index is 12.4. The molecule has 0 aromatic carbocycles. The van der Waals surface area contributed by atoms with Crippen molar-refractivity contribution in [2.45, 2.75) is 44.4 Å². The fourth-order valence-corrected chi connectivity index (χ4v) is 3.06. The molecular weight excluding hydrogens is 290 g/mol. The monoisotopic (exact) mass is 319 g/mol. The van der Waals surface area contributed by atoms with Crippen LogP contribution in [0.15, 0.2) is 0 Å². The van der Waals surface area contributed by atoms with Crippen LogP contribution >= 0.6 is 0 Å². The Bertz CT molecular complexity index is 454. The smallest absolute Gasteiger partial charge is 0.243 e. The zero-order chi connectivity index (χ0) is 16.3. The summed E-state index contributed by atoms with van der Waals surface area (Å²) in [4.78, 5) is 16.4. The molecule has 0 radical (unpaired) electrons. The Morgan fingerprint density at radius 3 is 2.14 bits per heavy atom. The highest BCUT2D eigenvalue weighted by atomic mass is 32.2.